The second kappa shape index (κ2) is 8.81. The molecule has 0 bridgehead atoms. The van der Waals surface area contributed by atoms with Crippen molar-refractivity contribution in [2.24, 2.45) is 5.92 Å². The normalized spacial score (nSPS) is 18.4. The van der Waals surface area contributed by atoms with Gasteiger partial charge in [-0.05, 0) is 42.8 Å². The van der Waals surface area contributed by atoms with Crippen LogP contribution in [0.5, 0.6) is 17.2 Å². The third kappa shape index (κ3) is 4.44. The molecular formula is C21H21ClN2O6. The summed E-state index contributed by atoms with van der Waals surface area (Å²) in [5.74, 6) is 0.306. The largest absolute Gasteiger partial charge is 0.491 e. The predicted molar refractivity (Wildman–Crippen MR) is 109 cm³/mol. The zero-order valence-corrected chi connectivity index (χ0v) is 16.8. The first kappa shape index (κ1) is 20.3. The number of hydrogen-bond donors (Lipinski definition) is 2. The van der Waals surface area contributed by atoms with Crippen LogP contribution in [-0.2, 0) is 9.59 Å². The Hall–Kier alpha value is -2.97. The lowest BCUT2D eigenvalue weighted by Crippen LogP contribution is -2.41. The molecule has 4 rings (SSSR count). The van der Waals surface area contributed by atoms with Gasteiger partial charge < -0.3 is 29.5 Å². The number of rotatable bonds is 7. The van der Waals surface area contributed by atoms with Crippen molar-refractivity contribution < 1.29 is 28.9 Å². The van der Waals surface area contributed by atoms with Gasteiger partial charge in [0.25, 0.3) is 0 Å². The number of fused-ring (bicyclic) bond motifs is 1. The monoisotopic (exact) mass is 432 g/mol. The molecule has 30 heavy (non-hydrogen) atoms. The van der Waals surface area contributed by atoms with Crippen molar-refractivity contribution in [3.8, 4) is 17.2 Å². The number of carbonyl (C=O) groups excluding carboxylic acids is 2. The molecule has 2 atom stereocenters. The van der Waals surface area contributed by atoms with Crippen molar-refractivity contribution in [1.29, 1.82) is 0 Å². The van der Waals surface area contributed by atoms with Crippen LogP contribution in [0.4, 0.5) is 5.69 Å². The highest BCUT2D eigenvalue weighted by Crippen LogP contribution is 2.35. The fourth-order valence-corrected chi connectivity index (χ4v) is 3.49. The van der Waals surface area contributed by atoms with Gasteiger partial charge in [0.05, 0.1) is 0 Å². The van der Waals surface area contributed by atoms with Crippen molar-refractivity contribution in [2.45, 2.75) is 12.5 Å². The molecule has 8 nitrogen and oxygen atoms in total. The van der Waals surface area contributed by atoms with Crippen LogP contribution in [0.1, 0.15) is 6.42 Å². The zero-order chi connectivity index (χ0) is 21.1. The molecular weight excluding hydrogens is 412 g/mol. The molecule has 0 radical (unpaired) electrons. The fraction of sp³-hybridized carbons (Fsp3) is 0.333. The molecule has 2 aromatic rings. The second-order valence-electron chi connectivity index (χ2n) is 7.03. The number of aliphatic hydroxyl groups excluding tert-OH is 1. The lowest BCUT2D eigenvalue weighted by Gasteiger charge is -2.17. The Morgan fingerprint density at radius 1 is 1.23 bits per heavy atom. The van der Waals surface area contributed by atoms with Gasteiger partial charge in [0.1, 0.15) is 24.4 Å². The highest BCUT2D eigenvalue weighted by atomic mass is 35.5. The first-order valence-corrected chi connectivity index (χ1v) is 9.94. The Bertz CT molecular complexity index is 936. The molecule has 2 N–H and O–H groups in total. The number of carbonyl (C=O) groups is 2. The Labute approximate surface area is 178 Å². The summed E-state index contributed by atoms with van der Waals surface area (Å²) in [7, 11) is 0. The zero-order valence-electron chi connectivity index (χ0n) is 16.0. The van der Waals surface area contributed by atoms with Crippen LogP contribution in [0.25, 0.3) is 0 Å². The second-order valence-corrected chi connectivity index (χ2v) is 7.47. The Morgan fingerprint density at radius 2 is 2.00 bits per heavy atom. The highest BCUT2D eigenvalue weighted by molar-refractivity contribution is 6.30. The number of ether oxygens (including phenoxy) is 3. The smallest absolute Gasteiger partial charge is 0.239 e. The van der Waals surface area contributed by atoms with E-state index in [2.05, 4.69) is 5.32 Å². The number of hydrogen-bond acceptors (Lipinski definition) is 6. The van der Waals surface area contributed by atoms with Gasteiger partial charge in [0.2, 0.25) is 18.6 Å². The Balaban J connectivity index is 1.24. The molecule has 1 fully saturated rings. The third-order valence-corrected chi connectivity index (χ3v) is 5.21. The lowest BCUT2D eigenvalue weighted by molar-refractivity contribution is -0.132. The average molecular weight is 433 g/mol. The summed E-state index contributed by atoms with van der Waals surface area (Å²) < 4.78 is 16.0. The van der Waals surface area contributed by atoms with Crippen LogP contribution in [0.3, 0.4) is 0 Å². The van der Waals surface area contributed by atoms with Crippen LogP contribution in [0, 0.1) is 5.92 Å². The SMILES string of the molecule is O=C(NCC(O)COc1ccc2c(c1)OCO2)C1CCN(c2ccc(Cl)cc2)C1=O. The third-order valence-electron chi connectivity index (χ3n) is 4.96. The average Bonchev–Trinajstić information content (AvgIpc) is 3.37. The van der Waals surface area contributed by atoms with Crippen LogP contribution < -0.4 is 24.4 Å². The van der Waals surface area contributed by atoms with E-state index < -0.39 is 17.9 Å². The minimum atomic E-state index is -0.928. The number of aliphatic hydroxyl groups is 1. The van der Waals surface area contributed by atoms with Crippen LogP contribution >= 0.6 is 11.6 Å². The van der Waals surface area contributed by atoms with Gasteiger partial charge in [0.15, 0.2) is 11.5 Å². The molecule has 0 aromatic heterocycles. The molecule has 2 aromatic carbocycles. The first-order chi connectivity index (χ1) is 14.5. The topological polar surface area (TPSA) is 97.3 Å². The molecule has 2 aliphatic heterocycles. The molecule has 158 valence electrons. The fourth-order valence-electron chi connectivity index (χ4n) is 3.36. The van der Waals surface area contributed by atoms with E-state index in [4.69, 9.17) is 25.8 Å². The summed E-state index contributed by atoms with van der Waals surface area (Å²) in [6, 6.07) is 12.0. The lowest BCUT2D eigenvalue weighted by atomic mass is 10.1. The van der Waals surface area contributed by atoms with Gasteiger partial charge >= 0.3 is 0 Å². The number of nitrogens with one attached hydrogen (secondary N) is 1. The molecule has 1 saturated heterocycles. The number of amides is 2. The molecule has 9 heteroatoms. The molecule has 2 aliphatic rings. The summed E-state index contributed by atoms with van der Waals surface area (Å²) in [6.45, 7) is 0.584. The van der Waals surface area contributed by atoms with Crippen molar-refractivity contribution in [1.82, 2.24) is 5.32 Å². The van der Waals surface area contributed by atoms with Crippen LogP contribution in [-0.4, -0.2) is 49.5 Å². The summed E-state index contributed by atoms with van der Waals surface area (Å²) in [5, 5.41) is 13.3. The predicted octanol–water partition coefficient (Wildman–Crippen LogP) is 1.98. The number of benzene rings is 2. The summed E-state index contributed by atoms with van der Waals surface area (Å²) in [6.07, 6.45) is -0.514. The molecule has 2 unspecified atom stereocenters. The van der Waals surface area contributed by atoms with E-state index in [1.165, 1.54) is 0 Å². The number of anilines is 1. The summed E-state index contributed by atoms with van der Waals surface area (Å²) >= 11 is 5.88. The maximum atomic E-state index is 12.6. The quantitative estimate of drug-likeness (QED) is 0.649. The van der Waals surface area contributed by atoms with E-state index in [9.17, 15) is 14.7 Å². The van der Waals surface area contributed by atoms with Gasteiger partial charge in [-0.25, -0.2) is 0 Å². The maximum Gasteiger partial charge on any atom is 0.239 e. The molecule has 0 saturated carbocycles. The Kier molecular flexibility index (Phi) is 5.96. The van der Waals surface area contributed by atoms with E-state index in [0.717, 1.165) is 0 Å². The van der Waals surface area contributed by atoms with Crippen molar-refractivity contribution in [3.05, 3.63) is 47.5 Å². The van der Waals surface area contributed by atoms with E-state index >= 15 is 0 Å². The van der Waals surface area contributed by atoms with Gasteiger partial charge in [-0.3, -0.25) is 9.59 Å². The standard InChI is InChI=1S/C21H21ClN2O6/c22-13-1-3-14(4-2-13)24-8-7-17(21(24)27)20(26)23-10-15(25)11-28-16-5-6-18-19(9-16)30-12-29-18/h1-6,9,15,17,25H,7-8,10-12H2,(H,23,26). The van der Waals surface area contributed by atoms with Gasteiger partial charge in [-0.2, -0.15) is 0 Å². The van der Waals surface area contributed by atoms with Gasteiger partial charge in [0, 0.05) is 29.9 Å². The summed E-state index contributed by atoms with van der Waals surface area (Å²) in [4.78, 5) is 26.6. The molecule has 2 heterocycles. The van der Waals surface area contributed by atoms with Crippen molar-refractivity contribution in [2.75, 3.05) is 31.4 Å². The van der Waals surface area contributed by atoms with Crippen LogP contribution in [0.2, 0.25) is 5.02 Å². The number of nitrogens with zero attached hydrogens (tertiary/aromatic N) is 1. The van der Waals surface area contributed by atoms with E-state index in [1.807, 2.05) is 0 Å². The number of halogens is 1. The molecule has 0 aliphatic carbocycles. The van der Waals surface area contributed by atoms with Crippen molar-refractivity contribution in [3.63, 3.8) is 0 Å². The molecule has 0 spiro atoms. The van der Waals surface area contributed by atoms with Crippen molar-refractivity contribution >= 4 is 29.1 Å². The van der Waals surface area contributed by atoms with Crippen LogP contribution in [0.15, 0.2) is 42.5 Å². The first-order valence-electron chi connectivity index (χ1n) is 9.56. The van der Waals surface area contributed by atoms with Gasteiger partial charge in [-0.1, -0.05) is 11.6 Å². The maximum absolute atomic E-state index is 12.6. The molecule has 2 amide bonds. The summed E-state index contributed by atoms with van der Waals surface area (Å²) in [5.41, 5.74) is 0.705. The highest BCUT2D eigenvalue weighted by Gasteiger charge is 2.37. The van der Waals surface area contributed by atoms with E-state index in [0.29, 0.717) is 40.9 Å². The van der Waals surface area contributed by atoms with E-state index in [1.54, 1.807) is 47.4 Å². The minimum absolute atomic E-state index is 0.0184. The van der Waals surface area contributed by atoms with Gasteiger partial charge in [-0.15, -0.1) is 0 Å². The van der Waals surface area contributed by atoms with E-state index in [-0.39, 0.29) is 25.9 Å². The Morgan fingerprint density at radius 3 is 2.80 bits per heavy atom. The minimum Gasteiger partial charge on any atom is -0.491 e.